The lowest BCUT2D eigenvalue weighted by atomic mass is 9.77. The van der Waals surface area contributed by atoms with Crippen molar-refractivity contribution in [2.75, 3.05) is 0 Å². The standard InChI is InChI=1S/C48H40O4/c1-7-39(37-25-41(33-17-9-29(3)10-18-33)51-42(26-37)34-19-11-30(4)12-20-34)45-47(49)46(48(45)50)40(8-2)38-27-43(35-21-13-31(5)14-22-35)52-44(28-38)36-23-15-32(6)16-24-36/h7,9-28H,1,8H2,2-6H3. The van der Waals surface area contributed by atoms with Crippen molar-refractivity contribution < 1.29 is 19.1 Å². The lowest BCUT2D eigenvalue weighted by Crippen LogP contribution is -2.32. The Morgan fingerprint density at radius 1 is 0.673 bits per heavy atom. The summed E-state index contributed by atoms with van der Waals surface area (Å²) in [6.45, 7) is 14.2. The van der Waals surface area contributed by atoms with Crippen molar-refractivity contribution in [2.24, 2.45) is 0 Å². The summed E-state index contributed by atoms with van der Waals surface area (Å²) in [5.41, 5.74) is 11.1. The molecule has 0 amide bonds. The number of benzene rings is 4. The molecule has 4 heteroatoms. The first kappa shape index (κ1) is 34.2. The maximum atomic E-state index is 14.3. The van der Waals surface area contributed by atoms with E-state index in [2.05, 4.69) is 6.58 Å². The number of ether oxygens (including phenoxy) is 1. The van der Waals surface area contributed by atoms with Crippen LogP contribution in [0.1, 0.15) is 52.3 Å². The fraction of sp³-hybridized carbons (Fsp3) is 0.125. The van der Waals surface area contributed by atoms with Crippen LogP contribution in [0.3, 0.4) is 0 Å². The van der Waals surface area contributed by atoms with Crippen LogP contribution in [0, 0.1) is 27.7 Å². The smallest absolute Gasteiger partial charge is 0.361 e. The number of carbonyl (C=O) groups is 1. The van der Waals surface area contributed by atoms with Gasteiger partial charge in [0, 0.05) is 22.3 Å². The second kappa shape index (κ2) is 14.2. The van der Waals surface area contributed by atoms with Crippen LogP contribution in [0.15, 0.2) is 166 Å². The van der Waals surface area contributed by atoms with E-state index in [1.165, 1.54) is 0 Å². The molecule has 256 valence electrons. The normalized spacial score (nSPS) is 15.0. The van der Waals surface area contributed by atoms with E-state index in [0.29, 0.717) is 46.2 Å². The van der Waals surface area contributed by atoms with Crippen LogP contribution < -0.4 is 5.11 Å². The minimum absolute atomic E-state index is 0.130. The monoisotopic (exact) mass is 680 g/mol. The molecule has 2 aliphatic rings. The fourth-order valence-electron chi connectivity index (χ4n) is 6.58. The van der Waals surface area contributed by atoms with Crippen LogP contribution in [-0.2, 0) is 9.53 Å². The van der Waals surface area contributed by atoms with Gasteiger partial charge in [-0.05, 0) is 92.8 Å². The number of hydrogen-bond acceptors (Lipinski definition) is 3. The average Bonchev–Trinajstić information content (AvgIpc) is 3.16. The third-order valence-corrected chi connectivity index (χ3v) is 9.63. The molecule has 0 spiro atoms. The number of rotatable bonds is 8. The molecular weight excluding hydrogens is 641 g/mol. The summed E-state index contributed by atoms with van der Waals surface area (Å²) in [6.07, 6.45) is 5.85. The number of ketones is 1. The summed E-state index contributed by atoms with van der Waals surface area (Å²) >= 11 is 0. The van der Waals surface area contributed by atoms with Crippen LogP contribution in [0.2, 0.25) is 0 Å². The Balaban J connectivity index is 1.38. The topological polar surface area (TPSA) is 60.7 Å². The predicted octanol–water partition coefficient (Wildman–Crippen LogP) is 11.1. The van der Waals surface area contributed by atoms with E-state index in [1.807, 2.05) is 156 Å². The summed E-state index contributed by atoms with van der Waals surface area (Å²) in [7, 11) is 0. The van der Waals surface area contributed by atoms with Crippen molar-refractivity contribution >= 4 is 22.9 Å². The number of carbonyl (C=O) groups excluding carboxylic acids is 1. The maximum Gasteiger partial charge on any atom is 0.361 e. The first-order valence-corrected chi connectivity index (χ1v) is 17.6. The summed E-state index contributed by atoms with van der Waals surface area (Å²) in [4.78, 5) is 14.3. The highest BCUT2D eigenvalue weighted by molar-refractivity contribution is 6.26. The minimum atomic E-state index is -0.291. The highest BCUT2D eigenvalue weighted by Crippen LogP contribution is 2.43. The molecule has 5 aromatic rings. The molecule has 0 radical (unpaired) electrons. The molecule has 1 aliphatic heterocycles. The molecule has 1 aliphatic carbocycles. The minimum Gasteiger partial charge on any atom is -0.871 e. The Morgan fingerprint density at radius 3 is 1.44 bits per heavy atom. The average molecular weight is 681 g/mol. The van der Waals surface area contributed by atoms with E-state index in [1.54, 1.807) is 6.08 Å². The lowest BCUT2D eigenvalue weighted by molar-refractivity contribution is -0.300. The van der Waals surface area contributed by atoms with E-state index in [-0.39, 0.29) is 22.7 Å². The third-order valence-electron chi connectivity index (χ3n) is 9.63. The van der Waals surface area contributed by atoms with Crippen LogP contribution in [0.25, 0.3) is 39.7 Å². The summed E-state index contributed by atoms with van der Waals surface area (Å²) < 4.78 is 12.9. The number of allylic oxidation sites excluding steroid dienone is 8. The van der Waals surface area contributed by atoms with Crippen molar-refractivity contribution in [3.8, 4) is 22.6 Å². The van der Waals surface area contributed by atoms with Crippen LogP contribution in [0.4, 0.5) is 0 Å². The zero-order chi connectivity index (χ0) is 36.5. The van der Waals surface area contributed by atoms with Gasteiger partial charge in [0.2, 0.25) is 0 Å². The second-order valence-electron chi connectivity index (χ2n) is 13.5. The van der Waals surface area contributed by atoms with Crippen molar-refractivity contribution in [2.45, 2.75) is 41.0 Å². The van der Waals surface area contributed by atoms with Crippen LogP contribution in [0.5, 0.6) is 0 Å². The largest absolute Gasteiger partial charge is 0.871 e. The SMILES string of the molecule is C=CC(=C1C=C(c2ccc(C)cc2)OC(c2ccc(C)cc2)=C1)C1=C([O-])C(=C(CC)c2cc(-c3ccc(C)cc3)[o+]c(-c3ccc(C)cc3)c2)C1=O. The van der Waals surface area contributed by atoms with Crippen LogP contribution >= 0.6 is 0 Å². The summed E-state index contributed by atoms with van der Waals surface area (Å²) in [5.74, 6) is 1.97. The van der Waals surface area contributed by atoms with Crippen molar-refractivity contribution in [1.82, 2.24) is 0 Å². The molecule has 52 heavy (non-hydrogen) atoms. The fourth-order valence-corrected chi connectivity index (χ4v) is 6.58. The summed E-state index contributed by atoms with van der Waals surface area (Å²) in [5, 5.41) is 14.3. The zero-order valence-corrected chi connectivity index (χ0v) is 30.2. The third kappa shape index (κ3) is 6.63. The number of hydrogen-bond donors (Lipinski definition) is 0. The summed E-state index contributed by atoms with van der Waals surface area (Å²) in [6, 6.07) is 36.3. The zero-order valence-electron chi connectivity index (χ0n) is 30.2. The van der Waals surface area contributed by atoms with Gasteiger partial charge in [0.15, 0.2) is 5.78 Å². The van der Waals surface area contributed by atoms with E-state index in [4.69, 9.17) is 9.15 Å². The molecule has 0 atom stereocenters. The van der Waals surface area contributed by atoms with E-state index in [9.17, 15) is 9.90 Å². The van der Waals surface area contributed by atoms with Crippen LogP contribution in [-0.4, -0.2) is 5.78 Å². The van der Waals surface area contributed by atoms with Gasteiger partial charge >= 0.3 is 11.5 Å². The van der Waals surface area contributed by atoms with Gasteiger partial charge in [-0.3, -0.25) is 4.79 Å². The molecule has 2 heterocycles. The second-order valence-corrected chi connectivity index (χ2v) is 13.5. The van der Waals surface area contributed by atoms with Gasteiger partial charge < -0.3 is 9.84 Å². The quantitative estimate of drug-likeness (QED) is 0.121. The van der Waals surface area contributed by atoms with Gasteiger partial charge in [-0.2, -0.15) is 0 Å². The van der Waals surface area contributed by atoms with Gasteiger partial charge in [-0.25, -0.2) is 4.42 Å². The molecule has 0 fully saturated rings. The molecule has 0 saturated carbocycles. The lowest BCUT2D eigenvalue weighted by Gasteiger charge is -2.34. The van der Waals surface area contributed by atoms with E-state index >= 15 is 0 Å². The maximum absolute atomic E-state index is 14.3. The first-order chi connectivity index (χ1) is 25.1. The van der Waals surface area contributed by atoms with Gasteiger partial charge in [-0.1, -0.05) is 120 Å². The Labute approximate surface area is 305 Å². The number of Topliss-reactive ketones (excluding diaryl/α,β-unsaturated/α-hetero) is 1. The highest BCUT2D eigenvalue weighted by Gasteiger charge is 2.34. The molecule has 0 saturated heterocycles. The van der Waals surface area contributed by atoms with Crippen molar-refractivity contribution in [3.05, 3.63) is 201 Å². The Hall–Kier alpha value is -6.26. The van der Waals surface area contributed by atoms with Gasteiger partial charge in [-0.15, -0.1) is 0 Å². The Morgan fingerprint density at radius 2 is 1.08 bits per heavy atom. The Kier molecular flexibility index (Phi) is 9.32. The van der Waals surface area contributed by atoms with E-state index in [0.717, 1.165) is 50.1 Å². The van der Waals surface area contributed by atoms with Gasteiger partial charge in [0.1, 0.15) is 11.5 Å². The predicted molar refractivity (Wildman–Crippen MR) is 209 cm³/mol. The molecule has 4 nitrogen and oxygen atoms in total. The molecule has 7 rings (SSSR count). The van der Waals surface area contributed by atoms with Gasteiger partial charge in [0.25, 0.3) is 0 Å². The highest BCUT2D eigenvalue weighted by atomic mass is 16.5. The number of aryl methyl sites for hydroxylation is 4. The van der Waals surface area contributed by atoms with Crippen molar-refractivity contribution in [3.63, 3.8) is 0 Å². The molecule has 0 unspecified atom stereocenters. The molecule has 0 bridgehead atoms. The Bertz CT molecular complexity index is 2250. The van der Waals surface area contributed by atoms with E-state index < -0.39 is 0 Å². The first-order valence-electron chi connectivity index (χ1n) is 17.6. The molecule has 4 aromatic carbocycles. The van der Waals surface area contributed by atoms with Crippen molar-refractivity contribution in [1.29, 1.82) is 0 Å². The van der Waals surface area contributed by atoms with Gasteiger partial charge in [0.05, 0.1) is 23.3 Å². The molecule has 0 N–H and O–H groups in total. The molecular formula is C48H40O4. The molecule has 1 aromatic heterocycles.